The van der Waals surface area contributed by atoms with E-state index >= 15 is 0 Å². The Hall–Kier alpha value is -1.85. The molecule has 1 heterocycles. The maximum atomic E-state index is 11.3. The van der Waals surface area contributed by atoms with Crippen LogP contribution in [0.2, 0.25) is 0 Å². The van der Waals surface area contributed by atoms with E-state index in [2.05, 4.69) is 10.3 Å². The molecule has 19 heavy (non-hydrogen) atoms. The number of rotatable bonds is 7. The number of fused-ring (bicyclic) bond motifs is 1. The summed E-state index contributed by atoms with van der Waals surface area (Å²) < 4.78 is 0. The van der Waals surface area contributed by atoms with Gasteiger partial charge in [-0.2, -0.15) is 0 Å². The van der Waals surface area contributed by atoms with Crippen molar-refractivity contribution in [2.75, 3.05) is 13.1 Å². The number of benzene rings is 1. The van der Waals surface area contributed by atoms with Gasteiger partial charge in [0.1, 0.15) is 6.04 Å². The predicted octanol–water partition coefficient (Wildman–Crippen LogP) is 1.10. The molecule has 0 amide bonds. The molecule has 0 saturated carbocycles. The van der Waals surface area contributed by atoms with Crippen LogP contribution in [0.4, 0.5) is 0 Å². The summed E-state index contributed by atoms with van der Waals surface area (Å²) in [7, 11) is 0. The SMILES string of the molecule is NCCCNC(Cc1c[nH]c2ccccc12)C(=O)O. The summed E-state index contributed by atoms with van der Waals surface area (Å²) in [6.07, 6.45) is 3.12. The lowest BCUT2D eigenvalue weighted by Gasteiger charge is -2.13. The minimum absolute atomic E-state index is 0.462. The van der Waals surface area contributed by atoms with E-state index in [1.165, 1.54) is 0 Å². The lowest BCUT2D eigenvalue weighted by Crippen LogP contribution is -2.39. The zero-order chi connectivity index (χ0) is 13.7. The van der Waals surface area contributed by atoms with Gasteiger partial charge >= 0.3 is 5.97 Å². The van der Waals surface area contributed by atoms with Crippen molar-refractivity contribution < 1.29 is 9.90 Å². The summed E-state index contributed by atoms with van der Waals surface area (Å²) >= 11 is 0. The van der Waals surface area contributed by atoms with Crippen LogP contribution in [0, 0.1) is 0 Å². The Kier molecular flexibility index (Phi) is 4.54. The molecule has 0 radical (unpaired) electrons. The highest BCUT2D eigenvalue weighted by molar-refractivity contribution is 5.84. The molecule has 0 fully saturated rings. The Balaban J connectivity index is 2.10. The molecular weight excluding hydrogens is 242 g/mol. The number of para-hydroxylation sites is 1. The van der Waals surface area contributed by atoms with Crippen LogP contribution in [0.15, 0.2) is 30.5 Å². The Morgan fingerprint density at radius 1 is 1.42 bits per heavy atom. The second-order valence-electron chi connectivity index (χ2n) is 4.55. The van der Waals surface area contributed by atoms with Crippen LogP contribution in [-0.2, 0) is 11.2 Å². The third-order valence-electron chi connectivity index (χ3n) is 3.17. The van der Waals surface area contributed by atoms with Gasteiger partial charge in [-0.15, -0.1) is 0 Å². The van der Waals surface area contributed by atoms with E-state index in [1.54, 1.807) is 0 Å². The Morgan fingerprint density at radius 3 is 2.95 bits per heavy atom. The molecule has 0 spiro atoms. The summed E-state index contributed by atoms with van der Waals surface area (Å²) in [5.74, 6) is -0.831. The third-order valence-corrected chi connectivity index (χ3v) is 3.17. The van der Waals surface area contributed by atoms with Gasteiger partial charge in [0.05, 0.1) is 0 Å². The van der Waals surface area contributed by atoms with Gasteiger partial charge in [-0.1, -0.05) is 18.2 Å². The van der Waals surface area contributed by atoms with E-state index in [1.807, 2.05) is 30.5 Å². The van der Waals surface area contributed by atoms with Crippen molar-refractivity contribution >= 4 is 16.9 Å². The number of aliphatic carboxylic acids is 1. The maximum Gasteiger partial charge on any atom is 0.321 e. The van der Waals surface area contributed by atoms with Gasteiger partial charge in [0.15, 0.2) is 0 Å². The number of hydrogen-bond donors (Lipinski definition) is 4. The summed E-state index contributed by atoms with van der Waals surface area (Å²) in [4.78, 5) is 14.4. The molecule has 1 aromatic heterocycles. The van der Waals surface area contributed by atoms with Crippen LogP contribution in [0.5, 0.6) is 0 Å². The van der Waals surface area contributed by atoms with Gasteiger partial charge in [0, 0.05) is 23.5 Å². The topological polar surface area (TPSA) is 91.1 Å². The number of aromatic nitrogens is 1. The van der Waals surface area contributed by atoms with E-state index in [4.69, 9.17) is 5.73 Å². The van der Waals surface area contributed by atoms with Crippen LogP contribution >= 0.6 is 0 Å². The summed E-state index contributed by atoms with van der Waals surface area (Å²) in [6, 6.07) is 7.32. The number of nitrogens with one attached hydrogen (secondary N) is 2. The third kappa shape index (κ3) is 3.33. The van der Waals surface area contributed by atoms with Crippen molar-refractivity contribution in [2.24, 2.45) is 5.73 Å². The number of carboxylic acids is 1. The van der Waals surface area contributed by atoms with Crippen molar-refractivity contribution in [1.82, 2.24) is 10.3 Å². The molecule has 0 aliphatic carbocycles. The molecule has 5 nitrogen and oxygen atoms in total. The zero-order valence-electron chi connectivity index (χ0n) is 10.7. The Labute approximate surface area is 111 Å². The van der Waals surface area contributed by atoms with Gasteiger partial charge in [-0.05, 0) is 31.1 Å². The summed E-state index contributed by atoms with van der Waals surface area (Å²) in [5, 5.41) is 13.3. The van der Waals surface area contributed by atoms with Crippen LogP contribution in [0.25, 0.3) is 10.9 Å². The van der Waals surface area contributed by atoms with E-state index in [9.17, 15) is 9.90 Å². The molecule has 1 aromatic carbocycles. The van der Waals surface area contributed by atoms with Gasteiger partial charge in [-0.3, -0.25) is 4.79 Å². The molecule has 0 aliphatic heterocycles. The molecule has 2 aromatic rings. The molecule has 2 rings (SSSR count). The smallest absolute Gasteiger partial charge is 0.321 e. The highest BCUT2D eigenvalue weighted by Gasteiger charge is 2.18. The fourth-order valence-corrected chi connectivity index (χ4v) is 2.15. The highest BCUT2D eigenvalue weighted by Crippen LogP contribution is 2.19. The fourth-order valence-electron chi connectivity index (χ4n) is 2.15. The van der Waals surface area contributed by atoms with Crippen molar-refractivity contribution in [1.29, 1.82) is 0 Å². The van der Waals surface area contributed by atoms with Gasteiger partial charge in [-0.25, -0.2) is 0 Å². The average molecular weight is 261 g/mol. The number of hydrogen-bond acceptors (Lipinski definition) is 3. The fraction of sp³-hybridized carbons (Fsp3) is 0.357. The van der Waals surface area contributed by atoms with Gasteiger partial charge in [0.2, 0.25) is 0 Å². The molecule has 1 unspecified atom stereocenters. The van der Waals surface area contributed by atoms with Crippen LogP contribution < -0.4 is 11.1 Å². The maximum absolute atomic E-state index is 11.3. The summed E-state index contributed by atoms with van der Waals surface area (Å²) in [6.45, 7) is 1.18. The molecule has 102 valence electrons. The molecule has 5 N–H and O–H groups in total. The number of aromatic amines is 1. The first-order valence-corrected chi connectivity index (χ1v) is 6.43. The second-order valence-corrected chi connectivity index (χ2v) is 4.55. The molecule has 0 bridgehead atoms. The van der Waals surface area contributed by atoms with Crippen molar-refractivity contribution in [3.05, 3.63) is 36.0 Å². The number of H-pyrrole nitrogens is 1. The minimum Gasteiger partial charge on any atom is -0.480 e. The number of carbonyl (C=O) groups is 1. The number of nitrogens with two attached hydrogens (primary N) is 1. The van der Waals surface area contributed by atoms with E-state index in [0.717, 1.165) is 22.9 Å². The van der Waals surface area contributed by atoms with Crippen molar-refractivity contribution in [3.8, 4) is 0 Å². The van der Waals surface area contributed by atoms with Gasteiger partial charge < -0.3 is 21.1 Å². The largest absolute Gasteiger partial charge is 0.480 e. The van der Waals surface area contributed by atoms with Crippen molar-refractivity contribution in [2.45, 2.75) is 18.9 Å². The minimum atomic E-state index is -0.831. The summed E-state index contributed by atoms with van der Waals surface area (Å²) in [5.41, 5.74) is 7.46. The van der Waals surface area contributed by atoms with E-state index in [-0.39, 0.29) is 0 Å². The Bertz CT molecular complexity index is 550. The Morgan fingerprint density at radius 2 is 2.21 bits per heavy atom. The molecule has 0 saturated heterocycles. The quantitative estimate of drug-likeness (QED) is 0.562. The van der Waals surface area contributed by atoms with Crippen LogP contribution in [-0.4, -0.2) is 35.2 Å². The molecular formula is C14H19N3O2. The standard InChI is InChI=1S/C14H19N3O2/c15-6-3-7-16-13(14(18)19)8-10-9-17-12-5-2-1-4-11(10)12/h1-2,4-5,9,13,16-17H,3,6-8,15H2,(H,18,19). The molecule has 1 atom stereocenters. The molecule has 0 aliphatic rings. The predicted molar refractivity (Wildman–Crippen MR) is 75.1 cm³/mol. The van der Waals surface area contributed by atoms with Crippen LogP contribution in [0.3, 0.4) is 0 Å². The lowest BCUT2D eigenvalue weighted by molar-refractivity contribution is -0.139. The lowest BCUT2D eigenvalue weighted by atomic mass is 10.0. The normalized spacial score (nSPS) is 12.7. The molecule has 5 heteroatoms. The van der Waals surface area contributed by atoms with Gasteiger partial charge in [0.25, 0.3) is 0 Å². The second kappa shape index (κ2) is 6.36. The highest BCUT2D eigenvalue weighted by atomic mass is 16.4. The zero-order valence-corrected chi connectivity index (χ0v) is 10.7. The first-order chi connectivity index (χ1) is 9.22. The van der Waals surface area contributed by atoms with Crippen LogP contribution in [0.1, 0.15) is 12.0 Å². The average Bonchev–Trinajstić information content (AvgIpc) is 2.81. The van der Waals surface area contributed by atoms with E-state index in [0.29, 0.717) is 19.5 Å². The monoisotopic (exact) mass is 261 g/mol. The first-order valence-electron chi connectivity index (χ1n) is 6.43. The van der Waals surface area contributed by atoms with Crippen molar-refractivity contribution in [3.63, 3.8) is 0 Å². The number of carboxylic acid groups (broad SMARTS) is 1. The first kappa shape index (κ1) is 13.6. The van der Waals surface area contributed by atoms with E-state index < -0.39 is 12.0 Å².